The molecule has 8 nitrogen and oxygen atoms in total. The summed E-state index contributed by atoms with van der Waals surface area (Å²) in [5, 5.41) is 18.9. The lowest BCUT2D eigenvalue weighted by Crippen LogP contribution is -2.62. The minimum Gasteiger partial charge on any atom is -0.479 e. The van der Waals surface area contributed by atoms with Gasteiger partial charge in [0.15, 0.2) is 5.54 Å². The number of anilines is 1. The van der Waals surface area contributed by atoms with Gasteiger partial charge in [0.1, 0.15) is 0 Å². The van der Waals surface area contributed by atoms with E-state index in [1.807, 2.05) is 0 Å². The minimum atomic E-state index is -1.54. The minimum absolute atomic E-state index is 0.0116. The summed E-state index contributed by atoms with van der Waals surface area (Å²) < 4.78 is 5.05. The fourth-order valence-electron chi connectivity index (χ4n) is 2.89. The number of piperidine rings is 1. The Balaban J connectivity index is 2.42. The molecule has 0 radical (unpaired) electrons. The van der Waals surface area contributed by atoms with Crippen LogP contribution in [-0.4, -0.2) is 58.5 Å². The monoisotopic (exact) mass is 336 g/mol. The first kappa shape index (κ1) is 17.6. The van der Waals surface area contributed by atoms with Crippen LogP contribution in [0.3, 0.4) is 0 Å². The summed E-state index contributed by atoms with van der Waals surface area (Å²) in [6.45, 7) is 1.81. The average Bonchev–Trinajstić information content (AvgIpc) is 2.56. The molecule has 2 N–H and O–H groups in total. The molecule has 0 aliphatic carbocycles. The van der Waals surface area contributed by atoms with Crippen molar-refractivity contribution in [2.45, 2.75) is 25.3 Å². The number of aliphatic carboxylic acids is 1. The summed E-state index contributed by atoms with van der Waals surface area (Å²) in [6.07, 6.45) is -1.88. The second-order valence-corrected chi connectivity index (χ2v) is 5.48. The molecule has 2 rings (SSSR count). The van der Waals surface area contributed by atoms with Gasteiger partial charge in [-0.1, -0.05) is 18.2 Å². The number of para-hydroxylation sites is 1. The summed E-state index contributed by atoms with van der Waals surface area (Å²) in [7, 11) is 0. The quantitative estimate of drug-likeness (QED) is 0.873. The van der Waals surface area contributed by atoms with Crippen LogP contribution in [0.1, 0.15) is 19.8 Å². The topological polar surface area (TPSA) is 107 Å². The molecule has 1 aliphatic rings. The van der Waals surface area contributed by atoms with E-state index in [-0.39, 0.29) is 32.5 Å². The van der Waals surface area contributed by atoms with Crippen molar-refractivity contribution in [1.82, 2.24) is 4.90 Å². The highest BCUT2D eigenvalue weighted by molar-refractivity contribution is 5.98. The van der Waals surface area contributed by atoms with E-state index in [2.05, 4.69) is 0 Å². The maximum Gasteiger partial charge on any atom is 0.415 e. The van der Waals surface area contributed by atoms with Gasteiger partial charge in [-0.2, -0.15) is 0 Å². The van der Waals surface area contributed by atoms with E-state index in [0.717, 1.165) is 9.80 Å². The molecule has 24 heavy (non-hydrogen) atoms. The highest BCUT2D eigenvalue weighted by Gasteiger charge is 2.50. The zero-order valence-corrected chi connectivity index (χ0v) is 13.3. The Labute approximate surface area is 139 Å². The third kappa shape index (κ3) is 3.27. The highest BCUT2D eigenvalue weighted by atomic mass is 16.6. The number of carboxylic acids is 1. The Morgan fingerprint density at radius 1 is 1.17 bits per heavy atom. The van der Waals surface area contributed by atoms with Gasteiger partial charge in [-0.15, -0.1) is 0 Å². The van der Waals surface area contributed by atoms with Crippen molar-refractivity contribution in [2.24, 2.45) is 0 Å². The molecule has 0 bridgehead atoms. The molecular formula is C16H20N2O6. The number of benzene rings is 1. The maximum absolute atomic E-state index is 12.5. The van der Waals surface area contributed by atoms with Gasteiger partial charge in [-0.25, -0.2) is 14.4 Å². The number of rotatable bonds is 4. The molecule has 1 saturated heterocycles. The number of nitrogens with zero attached hydrogens (tertiary/aromatic N) is 2. The number of carboxylic acid groups (broad SMARTS) is 2. The summed E-state index contributed by atoms with van der Waals surface area (Å²) in [5.74, 6) is -1.18. The molecule has 1 aromatic carbocycles. The van der Waals surface area contributed by atoms with E-state index < -0.39 is 23.7 Å². The smallest absolute Gasteiger partial charge is 0.415 e. The number of hydrogen-bond donors (Lipinski definition) is 2. The van der Waals surface area contributed by atoms with Crippen LogP contribution in [0.25, 0.3) is 0 Å². The molecule has 0 saturated carbocycles. The lowest BCUT2D eigenvalue weighted by atomic mass is 9.85. The Hall–Kier alpha value is -2.77. The van der Waals surface area contributed by atoms with Gasteiger partial charge in [0.25, 0.3) is 0 Å². The van der Waals surface area contributed by atoms with Crippen LogP contribution >= 0.6 is 0 Å². The van der Waals surface area contributed by atoms with Crippen LogP contribution in [0.5, 0.6) is 0 Å². The largest absolute Gasteiger partial charge is 0.479 e. The molecular weight excluding hydrogens is 316 g/mol. The van der Waals surface area contributed by atoms with Gasteiger partial charge >= 0.3 is 18.2 Å². The molecule has 1 heterocycles. The third-order valence-electron chi connectivity index (χ3n) is 4.15. The summed E-state index contributed by atoms with van der Waals surface area (Å²) >= 11 is 0. The van der Waals surface area contributed by atoms with Gasteiger partial charge in [0, 0.05) is 18.8 Å². The van der Waals surface area contributed by atoms with Crippen molar-refractivity contribution in [2.75, 3.05) is 24.6 Å². The zero-order chi connectivity index (χ0) is 17.7. The van der Waals surface area contributed by atoms with Gasteiger partial charge in [-0.05, 0) is 31.9 Å². The van der Waals surface area contributed by atoms with Crippen molar-refractivity contribution in [1.29, 1.82) is 0 Å². The second kappa shape index (κ2) is 7.20. The first-order chi connectivity index (χ1) is 11.4. The van der Waals surface area contributed by atoms with Crippen LogP contribution in [-0.2, 0) is 9.53 Å². The predicted molar refractivity (Wildman–Crippen MR) is 85.1 cm³/mol. The van der Waals surface area contributed by atoms with Gasteiger partial charge in [0.2, 0.25) is 0 Å². The standard InChI is InChI=1S/C16H20N2O6/c1-2-24-15(23)18(12-6-4-3-5-7-12)16(13(19)20)8-10-17(11-9-16)14(21)22/h3-7H,2,8-11H2,1H3,(H,19,20)(H,21,22). The third-order valence-corrected chi connectivity index (χ3v) is 4.15. The molecule has 1 aliphatic heterocycles. The molecule has 1 fully saturated rings. The molecule has 2 amide bonds. The number of carbonyl (C=O) groups is 3. The van der Waals surface area contributed by atoms with Gasteiger partial charge in [0.05, 0.1) is 6.61 Å². The van der Waals surface area contributed by atoms with Crippen molar-refractivity contribution in [3.63, 3.8) is 0 Å². The van der Waals surface area contributed by atoms with Crippen LogP contribution in [0.15, 0.2) is 30.3 Å². The molecule has 0 atom stereocenters. The van der Waals surface area contributed by atoms with E-state index in [0.29, 0.717) is 5.69 Å². The SMILES string of the molecule is CCOC(=O)N(c1ccccc1)C1(C(=O)O)CCN(C(=O)O)CC1. The van der Waals surface area contributed by atoms with E-state index in [1.54, 1.807) is 37.3 Å². The zero-order valence-electron chi connectivity index (χ0n) is 13.3. The van der Waals surface area contributed by atoms with Crippen molar-refractivity contribution in [3.8, 4) is 0 Å². The number of hydrogen-bond acceptors (Lipinski definition) is 4. The number of amides is 2. The van der Waals surface area contributed by atoms with Crippen molar-refractivity contribution >= 4 is 23.8 Å². The Morgan fingerprint density at radius 3 is 2.21 bits per heavy atom. The van der Waals surface area contributed by atoms with E-state index in [1.165, 1.54) is 0 Å². The fourth-order valence-corrected chi connectivity index (χ4v) is 2.89. The number of carbonyl (C=O) groups excluding carboxylic acids is 1. The van der Waals surface area contributed by atoms with E-state index in [9.17, 15) is 19.5 Å². The van der Waals surface area contributed by atoms with E-state index >= 15 is 0 Å². The molecule has 0 spiro atoms. The Morgan fingerprint density at radius 2 is 1.75 bits per heavy atom. The van der Waals surface area contributed by atoms with Crippen LogP contribution in [0.2, 0.25) is 0 Å². The number of likely N-dealkylation sites (tertiary alicyclic amines) is 1. The van der Waals surface area contributed by atoms with Crippen molar-refractivity contribution < 1.29 is 29.3 Å². The van der Waals surface area contributed by atoms with E-state index in [4.69, 9.17) is 9.84 Å². The normalized spacial score (nSPS) is 16.3. The molecule has 130 valence electrons. The second-order valence-electron chi connectivity index (χ2n) is 5.48. The molecule has 1 aromatic rings. The Bertz CT molecular complexity index is 610. The summed E-state index contributed by atoms with van der Waals surface area (Å²) in [6, 6.07) is 8.41. The van der Waals surface area contributed by atoms with Crippen LogP contribution < -0.4 is 4.90 Å². The lowest BCUT2D eigenvalue weighted by Gasteiger charge is -2.44. The lowest BCUT2D eigenvalue weighted by molar-refractivity contribution is -0.145. The summed E-state index contributed by atoms with van der Waals surface area (Å²) in [5.41, 5.74) is -1.14. The van der Waals surface area contributed by atoms with Crippen LogP contribution in [0, 0.1) is 0 Å². The Kier molecular flexibility index (Phi) is 5.28. The first-order valence-corrected chi connectivity index (χ1v) is 7.65. The molecule has 0 aromatic heterocycles. The average molecular weight is 336 g/mol. The summed E-state index contributed by atoms with van der Waals surface area (Å²) in [4.78, 5) is 37.9. The number of ether oxygens (including phenoxy) is 1. The highest BCUT2D eigenvalue weighted by Crippen LogP contribution is 2.34. The van der Waals surface area contributed by atoms with Crippen LogP contribution in [0.4, 0.5) is 15.3 Å². The molecule has 0 unspecified atom stereocenters. The molecule has 8 heteroatoms. The van der Waals surface area contributed by atoms with Gasteiger partial charge in [-0.3, -0.25) is 4.90 Å². The predicted octanol–water partition coefficient (Wildman–Crippen LogP) is 2.25. The maximum atomic E-state index is 12.5. The van der Waals surface area contributed by atoms with Gasteiger partial charge < -0.3 is 19.8 Å². The first-order valence-electron chi connectivity index (χ1n) is 7.65. The fraction of sp³-hybridized carbons (Fsp3) is 0.438. The van der Waals surface area contributed by atoms with Crippen molar-refractivity contribution in [3.05, 3.63) is 30.3 Å².